The van der Waals surface area contributed by atoms with Crippen LogP contribution in [0, 0.1) is 23.0 Å². The van der Waals surface area contributed by atoms with Gasteiger partial charge in [-0.05, 0) is 48.7 Å². The SMILES string of the molecule is Cc1ccc(CN(Cc2ccc3c(c2)OCO3)C(=O)CN(CC(C)C)C(=O)c2cccc([N+](=O)[O-])c2)o1. The highest BCUT2D eigenvalue weighted by Gasteiger charge is 2.25. The lowest BCUT2D eigenvalue weighted by Gasteiger charge is -2.28. The smallest absolute Gasteiger partial charge is 0.270 e. The van der Waals surface area contributed by atoms with E-state index in [2.05, 4.69) is 0 Å². The summed E-state index contributed by atoms with van der Waals surface area (Å²) in [6.07, 6.45) is 0. The number of rotatable bonds is 10. The molecule has 0 fully saturated rings. The highest BCUT2D eigenvalue weighted by atomic mass is 16.7. The number of aryl methyl sites for hydroxylation is 1. The molecule has 0 unspecified atom stereocenters. The van der Waals surface area contributed by atoms with Crippen LogP contribution in [0.2, 0.25) is 0 Å². The zero-order valence-corrected chi connectivity index (χ0v) is 21.0. The highest BCUT2D eigenvalue weighted by Crippen LogP contribution is 2.33. The largest absolute Gasteiger partial charge is 0.464 e. The Morgan fingerprint density at radius 3 is 2.49 bits per heavy atom. The zero-order chi connectivity index (χ0) is 26.5. The minimum Gasteiger partial charge on any atom is -0.464 e. The molecule has 0 N–H and O–H groups in total. The lowest BCUT2D eigenvalue weighted by Crippen LogP contribution is -2.43. The van der Waals surface area contributed by atoms with E-state index in [4.69, 9.17) is 13.9 Å². The van der Waals surface area contributed by atoms with Gasteiger partial charge in [0.1, 0.15) is 18.1 Å². The van der Waals surface area contributed by atoms with Crippen LogP contribution in [-0.4, -0.2) is 46.4 Å². The van der Waals surface area contributed by atoms with Gasteiger partial charge in [-0.1, -0.05) is 26.0 Å². The maximum absolute atomic E-state index is 13.6. The molecule has 0 radical (unpaired) electrons. The number of furan rings is 1. The van der Waals surface area contributed by atoms with Gasteiger partial charge in [-0.25, -0.2) is 0 Å². The summed E-state index contributed by atoms with van der Waals surface area (Å²) >= 11 is 0. The molecule has 3 aromatic rings. The molecular weight excluding hydrogens is 478 g/mol. The van der Waals surface area contributed by atoms with Crippen molar-refractivity contribution in [2.45, 2.75) is 33.9 Å². The summed E-state index contributed by atoms with van der Waals surface area (Å²) in [6.45, 7) is 6.45. The molecule has 1 aromatic heterocycles. The maximum Gasteiger partial charge on any atom is 0.270 e. The van der Waals surface area contributed by atoms with Crippen LogP contribution in [0.25, 0.3) is 0 Å². The van der Waals surface area contributed by atoms with Crippen LogP contribution in [0.5, 0.6) is 11.5 Å². The van der Waals surface area contributed by atoms with Crippen molar-refractivity contribution in [3.63, 3.8) is 0 Å². The number of ether oxygens (including phenoxy) is 2. The fourth-order valence-corrected chi connectivity index (χ4v) is 4.11. The second-order valence-electron chi connectivity index (χ2n) is 9.34. The van der Waals surface area contributed by atoms with Gasteiger partial charge < -0.3 is 23.7 Å². The number of carbonyl (C=O) groups excluding carboxylic acids is 2. The number of non-ortho nitro benzene ring substituents is 1. The number of amides is 2. The Bertz CT molecular complexity index is 1300. The Balaban J connectivity index is 1.57. The second kappa shape index (κ2) is 11.2. The van der Waals surface area contributed by atoms with Gasteiger partial charge in [-0.3, -0.25) is 19.7 Å². The van der Waals surface area contributed by atoms with Crippen LogP contribution >= 0.6 is 0 Å². The quantitative estimate of drug-likeness (QED) is 0.292. The second-order valence-corrected chi connectivity index (χ2v) is 9.34. The molecule has 1 aliphatic rings. The molecule has 0 spiro atoms. The van der Waals surface area contributed by atoms with E-state index >= 15 is 0 Å². The summed E-state index contributed by atoms with van der Waals surface area (Å²) in [5.41, 5.74) is 0.812. The van der Waals surface area contributed by atoms with Crippen molar-refractivity contribution < 1.29 is 28.4 Å². The predicted molar refractivity (Wildman–Crippen MR) is 134 cm³/mol. The predicted octanol–water partition coefficient (Wildman–Crippen LogP) is 4.55. The van der Waals surface area contributed by atoms with Gasteiger partial charge in [0, 0.05) is 30.8 Å². The van der Waals surface area contributed by atoms with Crippen LogP contribution in [-0.2, 0) is 17.9 Å². The topological polar surface area (TPSA) is 115 Å². The van der Waals surface area contributed by atoms with Crippen molar-refractivity contribution in [1.82, 2.24) is 9.80 Å². The summed E-state index contributed by atoms with van der Waals surface area (Å²) in [5, 5.41) is 11.2. The first-order valence-corrected chi connectivity index (χ1v) is 11.9. The Morgan fingerprint density at radius 1 is 1.00 bits per heavy atom. The molecule has 0 aliphatic carbocycles. The minimum absolute atomic E-state index is 0.0745. The number of hydrogen-bond donors (Lipinski definition) is 0. The van der Waals surface area contributed by atoms with Crippen LogP contribution in [0.1, 0.15) is 41.3 Å². The van der Waals surface area contributed by atoms with Crippen LogP contribution in [0.15, 0.2) is 59.0 Å². The Morgan fingerprint density at radius 2 is 1.78 bits per heavy atom. The third-order valence-corrected chi connectivity index (χ3v) is 5.81. The number of carbonyl (C=O) groups is 2. The van der Waals surface area contributed by atoms with Crippen molar-refractivity contribution in [1.29, 1.82) is 0 Å². The lowest BCUT2D eigenvalue weighted by molar-refractivity contribution is -0.384. The molecule has 0 atom stereocenters. The van der Waals surface area contributed by atoms with Gasteiger partial charge in [0.15, 0.2) is 11.5 Å². The third kappa shape index (κ3) is 6.46. The van der Waals surface area contributed by atoms with Crippen molar-refractivity contribution >= 4 is 17.5 Å². The number of nitro groups is 1. The van der Waals surface area contributed by atoms with E-state index in [1.54, 1.807) is 11.0 Å². The molecule has 10 heteroatoms. The summed E-state index contributed by atoms with van der Waals surface area (Å²) in [4.78, 5) is 40.7. The molecule has 2 aromatic carbocycles. The Labute approximate surface area is 214 Å². The van der Waals surface area contributed by atoms with Gasteiger partial charge in [0.25, 0.3) is 11.6 Å². The van der Waals surface area contributed by atoms with Gasteiger partial charge >= 0.3 is 0 Å². The molecule has 0 saturated heterocycles. The molecule has 4 rings (SSSR count). The van der Waals surface area contributed by atoms with Crippen molar-refractivity contribution in [2.24, 2.45) is 5.92 Å². The Kier molecular flexibility index (Phi) is 7.76. The van der Waals surface area contributed by atoms with Gasteiger partial charge in [0.2, 0.25) is 12.7 Å². The number of benzene rings is 2. The van der Waals surface area contributed by atoms with E-state index < -0.39 is 10.8 Å². The summed E-state index contributed by atoms with van der Waals surface area (Å²) in [5.74, 6) is 1.95. The van der Waals surface area contributed by atoms with Crippen LogP contribution in [0.3, 0.4) is 0 Å². The fourth-order valence-electron chi connectivity index (χ4n) is 4.11. The molecular formula is C27H29N3O7. The standard InChI is InChI=1S/C27H29N3O7/c1-18(2)13-29(27(32)21-5-4-6-22(12-21)30(33)34)16-26(31)28(15-23-9-7-19(3)37-23)14-20-8-10-24-25(11-20)36-17-35-24/h4-12,18H,13-17H2,1-3H3. The van der Waals surface area contributed by atoms with Crippen LogP contribution in [0.4, 0.5) is 5.69 Å². The van der Waals surface area contributed by atoms with E-state index in [0.717, 1.165) is 11.3 Å². The summed E-state index contributed by atoms with van der Waals surface area (Å²) < 4.78 is 16.6. The molecule has 0 saturated carbocycles. The molecule has 1 aliphatic heterocycles. The summed E-state index contributed by atoms with van der Waals surface area (Å²) in [6, 6.07) is 14.7. The molecule has 0 bridgehead atoms. The lowest BCUT2D eigenvalue weighted by atomic mass is 10.1. The summed E-state index contributed by atoms with van der Waals surface area (Å²) in [7, 11) is 0. The van der Waals surface area contributed by atoms with Crippen molar-refractivity contribution in [3.8, 4) is 11.5 Å². The van der Waals surface area contributed by atoms with Crippen LogP contribution < -0.4 is 9.47 Å². The molecule has 2 heterocycles. The first kappa shape index (κ1) is 25.7. The van der Waals surface area contributed by atoms with E-state index in [1.807, 2.05) is 45.0 Å². The van der Waals surface area contributed by atoms with E-state index in [0.29, 0.717) is 23.8 Å². The number of nitrogens with zero attached hydrogens (tertiary/aromatic N) is 3. The van der Waals surface area contributed by atoms with Crippen molar-refractivity contribution in [2.75, 3.05) is 19.9 Å². The fraction of sp³-hybridized carbons (Fsp3) is 0.333. The molecule has 37 heavy (non-hydrogen) atoms. The molecule has 10 nitrogen and oxygen atoms in total. The van der Waals surface area contributed by atoms with E-state index in [9.17, 15) is 19.7 Å². The van der Waals surface area contributed by atoms with Gasteiger partial charge in [0.05, 0.1) is 11.5 Å². The van der Waals surface area contributed by atoms with E-state index in [-0.39, 0.29) is 49.5 Å². The molecule has 2 amide bonds. The minimum atomic E-state index is -0.548. The normalized spacial score (nSPS) is 12.0. The van der Waals surface area contributed by atoms with E-state index in [1.165, 1.54) is 29.2 Å². The first-order chi connectivity index (χ1) is 17.7. The van der Waals surface area contributed by atoms with Crippen molar-refractivity contribution in [3.05, 3.63) is 87.4 Å². The number of fused-ring (bicyclic) bond motifs is 1. The molecule has 194 valence electrons. The Hall–Kier alpha value is -4.34. The monoisotopic (exact) mass is 507 g/mol. The average Bonchev–Trinajstić information content (AvgIpc) is 3.50. The number of nitro benzene ring substituents is 1. The number of hydrogen-bond acceptors (Lipinski definition) is 7. The zero-order valence-electron chi connectivity index (χ0n) is 21.0. The van der Waals surface area contributed by atoms with Gasteiger partial charge in [-0.2, -0.15) is 0 Å². The van der Waals surface area contributed by atoms with Gasteiger partial charge in [-0.15, -0.1) is 0 Å². The maximum atomic E-state index is 13.6. The highest BCUT2D eigenvalue weighted by molar-refractivity contribution is 5.97. The average molecular weight is 508 g/mol. The first-order valence-electron chi connectivity index (χ1n) is 11.9. The third-order valence-electron chi connectivity index (χ3n) is 5.81.